The molecule has 0 amide bonds. The Kier molecular flexibility index (Phi) is 4.33. The summed E-state index contributed by atoms with van der Waals surface area (Å²) >= 11 is 6.05. The topological polar surface area (TPSA) is 74.1 Å². The van der Waals surface area contributed by atoms with Gasteiger partial charge in [0.05, 0.1) is 16.3 Å². The van der Waals surface area contributed by atoms with Crippen molar-refractivity contribution < 1.29 is 8.42 Å². The summed E-state index contributed by atoms with van der Waals surface area (Å²) in [6.07, 6.45) is 2.71. The number of rotatable bonds is 2. The molecule has 7 heteroatoms. The van der Waals surface area contributed by atoms with Gasteiger partial charge < -0.3 is 0 Å². The molecule has 0 unspecified atom stereocenters. The van der Waals surface area contributed by atoms with Crippen LogP contribution in [-0.4, -0.2) is 30.8 Å². The number of piperidine rings is 1. The Morgan fingerprint density at radius 1 is 1.25 bits per heavy atom. The van der Waals surface area contributed by atoms with E-state index in [-0.39, 0.29) is 10.6 Å². The van der Waals surface area contributed by atoms with Gasteiger partial charge in [-0.05, 0) is 32.3 Å². The van der Waals surface area contributed by atoms with Gasteiger partial charge in [0.15, 0.2) is 5.03 Å². The van der Waals surface area contributed by atoms with Crippen molar-refractivity contribution in [1.82, 2.24) is 9.29 Å². The molecular formula is C13H16ClN3O2S. The van der Waals surface area contributed by atoms with Crippen molar-refractivity contribution in [2.24, 2.45) is 0 Å². The largest absolute Gasteiger partial charge is 0.261 e. The van der Waals surface area contributed by atoms with E-state index in [9.17, 15) is 13.7 Å². The average Bonchev–Trinajstić information content (AvgIpc) is 2.45. The molecule has 1 aromatic heterocycles. The fraction of sp³-hybridized carbons (Fsp3) is 0.538. The molecule has 108 valence electrons. The van der Waals surface area contributed by atoms with Gasteiger partial charge in [-0.25, -0.2) is 13.4 Å². The minimum absolute atomic E-state index is 0.0474. The molecule has 0 radical (unpaired) electrons. The van der Waals surface area contributed by atoms with Crippen molar-refractivity contribution in [3.05, 3.63) is 21.8 Å². The summed E-state index contributed by atoms with van der Waals surface area (Å²) in [5, 5.41) is 9.43. The lowest BCUT2D eigenvalue weighted by atomic mass is 10.1. The van der Waals surface area contributed by atoms with Crippen LogP contribution in [0.5, 0.6) is 0 Å². The number of aryl methyl sites for hydroxylation is 1. The molecule has 20 heavy (non-hydrogen) atoms. The Morgan fingerprint density at radius 3 is 2.40 bits per heavy atom. The number of hydrogen-bond acceptors (Lipinski definition) is 4. The van der Waals surface area contributed by atoms with E-state index in [0.717, 1.165) is 19.3 Å². The van der Waals surface area contributed by atoms with Crippen LogP contribution in [0.3, 0.4) is 0 Å². The average molecular weight is 314 g/mol. The predicted octanol–water partition coefficient (Wildman–Crippen LogP) is 2.40. The standard InChI is InChI=1S/C13H16ClN3O2S/c1-9-11(8-15)13(16-10(2)12(9)14)20(18,19)17-6-4-3-5-7-17/h3-7H2,1-2H3. The summed E-state index contributed by atoms with van der Waals surface area (Å²) < 4.78 is 26.7. The summed E-state index contributed by atoms with van der Waals surface area (Å²) in [5.41, 5.74) is 0.946. The Labute approximate surface area is 124 Å². The van der Waals surface area contributed by atoms with Crippen LogP contribution in [0.4, 0.5) is 0 Å². The number of nitriles is 1. The SMILES string of the molecule is Cc1nc(S(=O)(=O)N2CCCCC2)c(C#N)c(C)c1Cl. The lowest BCUT2D eigenvalue weighted by molar-refractivity contribution is 0.345. The Balaban J connectivity index is 2.60. The van der Waals surface area contributed by atoms with E-state index in [0.29, 0.717) is 29.4 Å². The molecule has 0 aromatic carbocycles. The highest BCUT2D eigenvalue weighted by molar-refractivity contribution is 7.89. The van der Waals surface area contributed by atoms with Crippen LogP contribution in [0.15, 0.2) is 5.03 Å². The molecule has 0 bridgehead atoms. The first-order valence-corrected chi connectivity index (χ1v) is 8.28. The van der Waals surface area contributed by atoms with E-state index in [1.54, 1.807) is 13.8 Å². The van der Waals surface area contributed by atoms with Crippen molar-refractivity contribution >= 4 is 21.6 Å². The maximum Gasteiger partial charge on any atom is 0.261 e. The maximum absolute atomic E-state index is 12.7. The summed E-state index contributed by atoms with van der Waals surface area (Å²) in [6.45, 7) is 4.25. The lowest BCUT2D eigenvalue weighted by Crippen LogP contribution is -2.36. The summed E-state index contributed by atoms with van der Waals surface area (Å²) in [5.74, 6) is 0. The Morgan fingerprint density at radius 2 is 1.85 bits per heavy atom. The third-order valence-corrected chi connectivity index (χ3v) is 5.90. The second kappa shape index (κ2) is 5.68. The number of hydrogen-bond donors (Lipinski definition) is 0. The number of sulfonamides is 1. The molecule has 1 aliphatic heterocycles. The highest BCUT2D eigenvalue weighted by Crippen LogP contribution is 2.29. The molecular weight excluding hydrogens is 298 g/mol. The molecule has 2 heterocycles. The van der Waals surface area contributed by atoms with Gasteiger partial charge in [-0.15, -0.1) is 0 Å². The molecule has 0 spiro atoms. The van der Waals surface area contributed by atoms with Gasteiger partial charge in [0.1, 0.15) is 6.07 Å². The third kappa shape index (κ3) is 2.53. The second-order valence-corrected chi connectivity index (χ2v) is 7.12. The van der Waals surface area contributed by atoms with Gasteiger partial charge in [-0.1, -0.05) is 18.0 Å². The van der Waals surface area contributed by atoms with E-state index in [1.165, 1.54) is 4.31 Å². The molecule has 0 N–H and O–H groups in total. The normalized spacial score (nSPS) is 16.9. The monoisotopic (exact) mass is 313 g/mol. The first-order valence-electron chi connectivity index (χ1n) is 6.46. The highest BCUT2D eigenvalue weighted by Gasteiger charge is 2.31. The number of nitrogens with zero attached hydrogens (tertiary/aromatic N) is 3. The fourth-order valence-electron chi connectivity index (χ4n) is 2.34. The third-order valence-electron chi connectivity index (χ3n) is 3.52. The van der Waals surface area contributed by atoms with E-state index < -0.39 is 10.0 Å². The van der Waals surface area contributed by atoms with Gasteiger partial charge in [0.25, 0.3) is 10.0 Å². The highest BCUT2D eigenvalue weighted by atomic mass is 35.5. The lowest BCUT2D eigenvalue weighted by Gasteiger charge is -2.26. The minimum atomic E-state index is -3.73. The Bertz CT molecular complexity index is 674. The summed E-state index contributed by atoms with van der Waals surface area (Å²) in [6, 6.07) is 1.92. The summed E-state index contributed by atoms with van der Waals surface area (Å²) in [4.78, 5) is 4.07. The maximum atomic E-state index is 12.7. The van der Waals surface area contributed by atoms with Crippen LogP contribution in [0.1, 0.15) is 36.1 Å². The number of pyridine rings is 1. The predicted molar refractivity (Wildman–Crippen MR) is 76.0 cm³/mol. The summed E-state index contributed by atoms with van der Waals surface area (Å²) in [7, 11) is -3.73. The van der Waals surface area contributed by atoms with Crippen molar-refractivity contribution in [3.63, 3.8) is 0 Å². The first kappa shape index (κ1) is 15.2. The molecule has 1 saturated heterocycles. The minimum Gasteiger partial charge on any atom is -0.237 e. The quantitative estimate of drug-likeness (QED) is 0.840. The molecule has 1 fully saturated rings. The van der Waals surface area contributed by atoms with Crippen molar-refractivity contribution in [2.45, 2.75) is 38.1 Å². The molecule has 0 aliphatic carbocycles. The van der Waals surface area contributed by atoms with Gasteiger partial charge in [-0.3, -0.25) is 0 Å². The van der Waals surface area contributed by atoms with Crippen LogP contribution >= 0.6 is 11.6 Å². The van der Waals surface area contributed by atoms with E-state index >= 15 is 0 Å². The van der Waals surface area contributed by atoms with E-state index in [1.807, 2.05) is 6.07 Å². The Hall–Kier alpha value is -1.16. The van der Waals surface area contributed by atoms with Crippen molar-refractivity contribution in [1.29, 1.82) is 5.26 Å². The van der Waals surface area contributed by atoms with Gasteiger partial charge in [0, 0.05) is 13.1 Å². The van der Waals surface area contributed by atoms with Crippen molar-refractivity contribution in [2.75, 3.05) is 13.1 Å². The van der Waals surface area contributed by atoms with Crippen LogP contribution < -0.4 is 0 Å². The van der Waals surface area contributed by atoms with Crippen molar-refractivity contribution in [3.8, 4) is 6.07 Å². The molecule has 0 atom stereocenters. The van der Waals surface area contributed by atoms with Gasteiger partial charge in [-0.2, -0.15) is 9.57 Å². The molecule has 1 aromatic rings. The molecule has 5 nitrogen and oxygen atoms in total. The smallest absolute Gasteiger partial charge is 0.237 e. The number of halogens is 1. The zero-order valence-electron chi connectivity index (χ0n) is 11.5. The second-order valence-electron chi connectivity index (χ2n) is 4.89. The van der Waals surface area contributed by atoms with Crippen LogP contribution in [-0.2, 0) is 10.0 Å². The molecule has 1 aliphatic rings. The van der Waals surface area contributed by atoms with Gasteiger partial charge >= 0.3 is 0 Å². The van der Waals surface area contributed by atoms with Crippen LogP contribution in [0.2, 0.25) is 5.02 Å². The van der Waals surface area contributed by atoms with E-state index in [4.69, 9.17) is 11.6 Å². The van der Waals surface area contributed by atoms with Crippen LogP contribution in [0, 0.1) is 25.2 Å². The van der Waals surface area contributed by atoms with E-state index in [2.05, 4.69) is 4.98 Å². The zero-order valence-corrected chi connectivity index (χ0v) is 13.1. The molecule has 0 saturated carbocycles. The zero-order chi connectivity index (χ0) is 14.9. The fourth-order valence-corrected chi connectivity index (χ4v) is 4.17. The van der Waals surface area contributed by atoms with Crippen LogP contribution in [0.25, 0.3) is 0 Å². The van der Waals surface area contributed by atoms with Gasteiger partial charge in [0.2, 0.25) is 0 Å². The number of aromatic nitrogens is 1. The first-order chi connectivity index (χ1) is 9.39. The molecule has 2 rings (SSSR count).